The molecule has 0 fully saturated rings. The van der Waals surface area contributed by atoms with Gasteiger partial charge >= 0.3 is 0 Å². The van der Waals surface area contributed by atoms with Crippen molar-refractivity contribution in [2.75, 3.05) is 30.8 Å². The lowest BCUT2D eigenvalue weighted by atomic mass is 10.1. The molecular weight excluding hydrogens is 414 g/mol. The van der Waals surface area contributed by atoms with Gasteiger partial charge in [-0.1, -0.05) is 42.1 Å². The van der Waals surface area contributed by atoms with Crippen molar-refractivity contribution in [3.8, 4) is 5.75 Å². The molecule has 0 saturated carbocycles. The highest BCUT2D eigenvalue weighted by atomic mass is 32.2. The second-order valence-electron chi connectivity index (χ2n) is 7.33. The molecule has 0 amide bonds. The quantitative estimate of drug-likeness (QED) is 0.590. The summed E-state index contributed by atoms with van der Waals surface area (Å²) in [4.78, 5) is 15.3. The van der Waals surface area contributed by atoms with Gasteiger partial charge in [-0.25, -0.2) is 4.58 Å². The van der Waals surface area contributed by atoms with Gasteiger partial charge in [-0.3, -0.25) is 9.36 Å². The summed E-state index contributed by atoms with van der Waals surface area (Å²) in [6, 6.07) is 12.3. The van der Waals surface area contributed by atoms with Gasteiger partial charge in [-0.05, 0) is 25.3 Å². The van der Waals surface area contributed by atoms with Gasteiger partial charge in [0.2, 0.25) is 10.9 Å². The third-order valence-corrected chi connectivity index (χ3v) is 7.86. The smallest absolute Gasteiger partial charge is 0.274 e. The van der Waals surface area contributed by atoms with Crippen molar-refractivity contribution in [1.29, 1.82) is 0 Å². The van der Waals surface area contributed by atoms with Crippen LogP contribution < -0.4 is 24.4 Å². The summed E-state index contributed by atoms with van der Waals surface area (Å²) in [5, 5.41) is 3.44. The zero-order valence-corrected chi connectivity index (χ0v) is 19.0. The van der Waals surface area contributed by atoms with Crippen molar-refractivity contribution in [3.05, 3.63) is 55.9 Å². The Kier molecular flexibility index (Phi) is 4.95. The topological polar surface area (TPSA) is 37.5 Å². The van der Waals surface area contributed by atoms with Crippen molar-refractivity contribution < 1.29 is 9.31 Å². The number of ether oxygens (including phenoxy) is 1. The van der Waals surface area contributed by atoms with Crippen LogP contribution in [0.15, 0.2) is 41.2 Å². The van der Waals surface area contributed by atoms with Crippen molar-refractivity contribution in [2.45, 2.75) is 20.4 Å². The maximum atomic E-state index is 13.3. The Morgan fingerprint density at radius 3 is 2.83 bits per heavy atom. The van der Waals surface area contributed by atoms with Crippen LogP contribution in [0.1, 0.15) is 13.8 Å². The number of aromatic nitrogens is 1. The van der Waals surface area contributed by atoms with E-state index in [1.165, 1.54) is 16.4 Å². The molecule has 3 aromatic rings. The molecular formula is C23H24N3O2S2+. The van der Waals surface area contributed by atoms with Gasteiger partial charge in [0, 0.05) is 19.0 Å². The molecule has 30 heavy (non-hydrogen) atoms. The van der Waals surface area contributed by atoms with Crippen molar-refractivity contribution in [3.63, 3.8) is 0 Å². The van der Waals surface area contributed by atoms with E-state index in [0.717, 1.165) is 45.7 Å². The molecule has 0 spiro atoms. The van der Waals surface area contributed by atoms with E-state index in [4.69, 9.17) is 4.74 Å². The number of rotatable bonds is 3. The lowest BCUT2D eigenvalue weighted by Crippen LogP contribution is -2.35. The molecule has 2 aliphatic rings. The summed E-state index contributed by atoms with van der Waals surface area (Å²) in [5.41, 5.74) is 1.00. The first-order valence-corrected chi connectivity index (χ1v) is 12.1. The van der Waals surface area contributed by atoms with E-state index >= 15 is 0 Å². The molecule has 2 aromatic carbocycles. The van der Waals surface area contributed by atoms with Crippen molar-refractivity contribution >= 4 is 56.6 Å². The Balaban J connectivity index is 1.72. The minimum atomic E-state index is 0.0133. The number of hydrogen-bond acceptors (Lipinski definition) is 5. The maximum Gasteiger partial charge on any atom is 0.274 e. The standard InChI is InChI=1S/C23H24N3O2S2/c1-4-25-12-13-29-18(25)14-19-26(5-2)22(27)21(30-19)23-24(3)17-11-10-15-8-6-7-9-16(15)20(17)28-23/h6-11,14H,4-5,12-13H2,1-3H3/q+1/b23-21+. The highest BCUT2D eigenvalue weighted by Crippen LogP contribution is 2.43. The zero-order valence-electron chi connectivity index (χ0n) is 17.3. The van der Waals surface area contributed by atoms with Crippen LogP contribution >= 0.6 is 23.1 Å². The number of fused-ring (bicyclic) bond motifs is 3. The Hall–Kier alpha value is -2.51. The lowest BCUT2D eigenvalue weighted by molar-refractivity contribution is -0.512. The number of thioether (sulfide) groups is 1. The number of anilines is 1. The van der Waals surface area contributed by atoms with E-state index in [1.54, 1.807) is 0 Å². The average Bonchev–Trinajstić information content (AvgIpc) is 3.44. The predicted octanol–water partition coefficient (Wildman–Crippen LogP) is 2.64. The molecule has 0 saturated heterocycles. The first-order chi connectivity index (χ1) is 14.6. The molecule has 1 aromatic heterocycles. The Labute approximate surface area is 183 Å². The van der Waals surface area contributed by atoms with Gasteiger partial charge < -0.3 is 9.64 Å². The highest BCUT2D eigenvalue weighted by molar-refractivity contribution is 8.14. The number of hydrogen-bond donors (Lipinski definition) is 0. The van der Waals surface area contributed by atoms with Gasteiger partial charge in [0.15, 0.2) is 16.8 Å². The fourth-order valence-electron chi connectivity index (χ4n) is 4.06. The van der Waals surface area contributed by atoms with Gasteiger partial charge in [0.1, 0.15) is 11.2 Å². The van der Waals surface area contributed by atoms with Crippen LogP contribution in [0, 0.1) is 0 Å². The van der Waals surface area contributed by atoms with Gasteiger partial charge in [0.05, 0.1) is 17.5 Å². The molecule has 3 heterocycles. The molecule has 5 nitrogen and oxygen atoms in total. The first kappa shape index (κ1) is 19.5. The molecule has 0 aliphatic carbocycles. The van der Waals surface area contributed by atoms with Crippen LogP contribution in [-0.2, 0) is 6.54 Å². The van der Waals surface area contributed by atoms with Crippen LogP contribution in [0.2, 0.25) is 0 Å². The normalized spacial score (nSPS) is 18.5. The molecule has 154 valence electrons. The van der Waals surface area contributed by atoms with Crippen LogP contribution in [0.3, 0.4) is 0 Å². The summed E-state index contributed by atoms with van der Waals surface area (Å²) in [7, 11) is 1.97. The number of benzene rings is 2. The first-order valence-electron chi connectivity index (χ1n) is 10.3. The Bertz CT molecular complexity index is 1370. The van der Waals surface area contributed by atoms with E-state index in [-0.39, 0.29) is 5.56 Å². The third-order valence-electron chi connectivity index (χ3n) is 5.70. The van der Waals surface area contributed by atoms with E-state index < -0.39 is 0 Å². The van der Waals surface area contributed by atoms with Crippen LogP contribution in [-0.4, -0.2) is 40.1 Å². The molecule has 5 rings (SSSR count). The van der Waals surface area contributed by atoms with E-state index in [1.807, 2.05) is 47.3 Å². The molecule has 2 aliphatic heterocycles. The van der Waals surface area contributed by atoms with Gasteiger partial charge in [-0.15, -0.1) is 11.3 Å². The van der Waals surface area contributed by atoms with Crippen molar-refractivity contribution in [1.82, 2.24) is 4.57 Å². The Morgan fingerprint density at radius 1 is 1.20 bits per heavy atom. The largest absolute Gasteiger partial charge is 0.436 e. The second kappa shape index (κ2) is 7.63. The van der Waals surface area contributed by atoms with Crippen molar-refractivity contribution in [2.24, 2.45) is 0 Å². The molecule has 0 N–H and O–H groups in total. The number of thiazole rings is 1. The predicted molar refractivity (Wildman–Crippen MR) is 127 cm³/mol. The second-order valence-corrected chi connectivity index (χ2v) is 9.48. The monoisotopic (exact) mass is 438 g/mol. The molecule has 0 atom stereocenters. The molecule has 0 radical (unpaired) electrons. The minimum Gasteiger partial charge on any atom is -0.436 e. The Morgan fingerprint density at radius 2 is 2.03 bits per heavy atom. The van der Waals surface area contributed by atoms with E-state index in [9.17, 15) is 4.79 Å². The fourth-order valence-corrected chi connectivity index (χ4v) is 6.42. The number of nitrogens with zero attached hydrogens (tertiary/aromatic N) is 3. The summed E-state index contributed by atoms with van der Waals surface area (Å²) in [5.74, 6) is 2.54. The third kappa shape index (κ3) is 2.99. The summed E-state index contributed by atoms with van der Waals surface area (Å²) >= 11 is 3.38. The zero-order chi connectivity index (χ0) is 20.8. The summed E-state index contributed by atoms with van der Waals surface area (Å²) < 4.78 is 12.2. The molecule has 0 bridgehead atoms. The van der Waals surface area contributed by atoms with Crippen LogP contribution in [0.25, 0.3) is 22.7 Å². The van der Waals surface area contributed by atoms with Crippen LogP contribution in [0.4, 0.5) is 5.69 Å². The molecule has 0 unspecified atom stereocenters. The van der Waals surface area contributed by atoms with E-state index in [2.05, 4.69) is 41.8 Å². The highest BCUT2D eigenvalue weighted by Gasteiger charge is 2.28. The van der Waals surface area contributed by atoms with E-state index in [0.29, 0.717) is 17.0 Å². The van der Waals surface area contributed by atoms with Crippen LogP contribution in [0.5, 0.6) is 5.75 Å². The molecule has 7 heteroatoms. The minimum absolute atomic E-state index is 0.0133. The SMILES string of the molecule is CCn1c(=O)/c(=C2\Oc3c(ccc4ccccc34)N2C)s/c1=C\C1=[N+](CC)CCS1. The lowest BCUT2D eigenvalue weighted by Gasteiger charge is -2.09. The van der Waals surface area contributed by atoms with Gasteiger partial charge in [0.25, 0.3) is 5.56 Å². The summed E-state index contributed by atoms with van der Waals surface area (Å²) in [6.07, 6.45) is 2.16. The maximum absolute atomic E-state index is 13.3. The fraction of sp³-hybridized carbons (Fsp3) is 0.304. The van der Waals surface area contributed by atoms with Gasteiger partial charge in [-0.2, -0.15) is 0 Å². The summed E-state index contributed by atoms with van der Waals surface area (Å²) in [6.45, 7) is 6.88. The average molecular weight is 439 g/mol.